The van der Waals surface area contributed by atoms with Crippen molar-refractivity contribution in [3.05, 3.63) is 24.3 Å². The molecule has 0 unspecified atom stereocenters. The second kappa shape index (κ2) is 4.89. The van der Waals surface area contributed by atoms with Crippen molar-refractivity contribution >= 4 is 6.21 Å². The van der Waals surface area contributed by atoms with Crippen molar-refractivity contribution < 1.29 is 0 Å². The maximum atomic E-state index is 3.86. The van der Waals surface area contributed by atoms with Crippen molar-refractivity contribution in [2.75, 3.05) is 7.05 Å². The Morgan fingerprint density at radius 2 is 1.82 bits per heavy atom. The Labute approximate surface area is 69.5 Å². The van der Waals surface area contributed by atoms with Crippen LogP contribution in [0.15, 0.2) is 29.3 Å². The van der Waals surface area contributed by atoms with Gasteiger partial charge in [0, 0.05) is 18.7 Å². The minimum Gasteiger partial charge on any atom is -0.297 e. The molecule has 0 aliphatic carbocycles. The van der Waals surface area contributed by atoms with Gasteiger partial charge in [0.25, 0.3) is 0 Å². The monoisotopic (exact) mass is 151 g/mol. The van der Waals surface area contributed by atoms with Crippen LogP contribution in [0.4, 0.5) is 0 Å². The van der Waals surface area contributed by atoms with Crippen LogP contribution in [-0.2, 0) is 0 Å². The van der Waals surface area contributed by atoms with Gasteiger partial charge < -0.3 is 0 Å². The van der Waals surface area contributed by atoms with Crippen molar-refractivity contribution in [3.63, 3.8) is 0 Å². The number of nitrogens with zero attached hydrogens (tertiary/aromatic N) is 1. The van der Waals surface area contributed by atoms with Crippen molar-refractivity contribution in [1.29, 1.82) is 0 Å². The van der Waals surface area contributed by atoms with Crippen LogP contribution in [0.1, 0.15) is 20.8 Å². The standard InChI is InChI=1S/C10H17N/c1-5-7-10(2,3)8-6-9-11-4/h5-9H,1-4H3/b7-5+,8-6-,11-9?. The van der Waals surface area contributed by atoms with Crippen LogP contribution < -0.4 is 0 Å². The molecule has 0 aromatic rings. The highest BCUT2D eigenvalue weighted by molar-refractivity contribution is 5.71. The molecule has 0 saturated carbocycles. The van der Waals surface area contributed by atoms with E-state index in [9.17, 15) is 0 Å². The molecule has 0 N–H and O–H groups in total. The summed E-state index contributed by atoms with van der Waals surface area (Å²) in [5.41, 5.74) is 0.149. The summed E-state index contributed by atoms with van der Waals surface area (Å²) in [5, 5.41) is 0. The number of hydrogen-bond acceptors (Lipinski definition) is 1. The van der Waals surface area contributed by atoms with Crippen LogP contribution in [0.2, 0.25) is 0 Å². The first-order valence-corrected chi connectivity index (χ1v) is 3.86. The Bertz CT molecular complexity index is 173. The topological polar surface area (TPSA) is 12.4 Å². The molecular formula is C10H17N. The van der Waals surface area contributed by atoms with Crippen molar-refractivity contribution in [3.8, 4) is 0 Å². The summed E-state index contributed by atoms with van der Waals surface area (Å²) >= 11 is 0. The van der Waals surface area contributed by atoms with E-state index in [0.29, 0.717) is 0 Å². The predicted octanol–water partition coefficient (Wildman–Crippen LogP) is 2.85. The molecule has 0 aromatic carbocycles. The summed E-state index contributed by atoms with van der Waals surface area (Å²) in [5.74, 6) is 0. The summed E-state index contributed by atoms with van der Waals surface area (Å²) in [4.78, 5) is 3.86. The first-order chi connectivity index (χ1) is 5.12. The molecule has 0 heterocycles. The van der Waals surface area contributed by atoms with Gasteiger partial charge in [-0.1, -0.05) is 32.1 Å². The van der Waals surface area contributed by atoms with E-state index >= 15 is 0 Å². The fraction of sp³-hybridized carbons (Fsp3) is 0.500. The van der Waals surface area contributed by atoms with E-state index in [0.717, 1.165) is 0 Å². The van der Waals surface area contributed by atoms with Gasteiger partial charge in [0.2, 0.25) is 0 Å². The zero-order valence-corrected chi connectivity index (χ0v) is 7.83. The van der Waals surface area contributed by atoms with Gasteiger partial charge >= 0.3 is 0 Å². The van der Waals surface area contributed by atoms with Gasteiger partial charge in [-0.2, -0.15) is 0 Å². The van der Waals surface area contributed by atoms with E-state index in [1.54, 1.807) is 13.3 Å². The molecule has 0 bridgehead atoms. The lowest BCUT2D eigenvalue weighted by atomic mass is 9.93. The molecular weight excluding hydrogens is 134 g/mol. The number of allylic oxidation sites excluding steroid dienone is 4. The van der Waals surface area contributed by atoms with Crippen LogP contribution in [0.3, 0.4) is 0 Å². The average molecular weight is 151 g/mol. The maximum Gasteiger partial charge on any atom is 0.0277 e. The Morgan fingerprint density at radius 3 is 2.27 bits per heavy atom. The number of rotatable bonds is 3. The Hall–Kier alpha value is -0.850. The zero-order valence-electron chi connectivity index (χ0n) is 7.83. The highest BCUT2D eigenvalue weighted by Crippen LogP contribution is 2.17. The molecule has 11 heavy (non-hydrogen) atoms. The molecule has 1 heteroatoms. The lowest BCUT2D eigenvalue weighted by Crippen LogP contribution is -2.01. The Morgan fingerprint density at radius 1 is 1.18 bits per heavy atom. The summed E-state index contributed by atoms with van der Waals surface area (Å²) < 4.78 is 0. The van der Waals surface area contributed by atoms with E-state index in [1.807, 2.05) is 13.0 Å². The fourth-order valence-electron chi connectivity index (χ4n) is 0.862. The van der Waals surface area contributed by atoms with Crippen LogP contribution in [-0.4, -0.2) is 13.3 Å². The molecule has 0 spiro atoms. The first-order valence-electron chi connectivity index (χ1n) is 3.86. The molecule has 0 aliphatic heterocycles. The molecule has 0 rings (SSSR count). The van der Waals surface area contributed by atoms with E-state index in [-0.39, 0.29) is 5.41 Å². The largest absolute Gasteiger partial charge is 0.297 e. The number of hydrogen-bond donors (Lipinski definition) is 0. The second-order valence-electron chi connectivity index (χ2n) is 3.09. The van der Waals surface area contributed by atoms with E-state index < -0.39 is 0 Å². The molecule has 62 valence electrons. The molecule has 0 saturated heterocycles. The zero-order chi connectivity index (χ0) is 8.74. The Balaban J connectivity index is 4.10. The van der Waals surface area contributed by atoms with Crippen molar-refractivity contribution in [2.45, 2.75) is 20.8 Å². The summed E-state index contributed by atoms with van der Waals surface area (Å²) in [6, 6.07) is 0. The molecule has 1 nitrogen and oxygen atoms in total. The third kappa shape index (κ3) is 5.59. The highest BCUT2D eigenvalue weighted by atomic mass is 14.6. The van der Waals surface area contributed by atoms with E-state index in [4.69, 9.17) is 0 Å². The Kier molecular flexibility index (Phi) is 4.51. The van der Waals surface area contributed by atoms with Gasteiger partial charge in [-0.15, -0.1) is 0 Å². The lowest BCUT2D eigenvalue weighted by Gasteiger charge is -2.12. The summed E-state index contributed by atoms with van der Waals surface area (Å²) in [7, 11) is 1.77. The molecule has 0 aromatic heterocycles. The molecule has 0 fully saturated rings. The van der Waals surface area contributed by atoms with Crippen molar-refractivity contribution in [2.24, 2.45) is 10.4 Å². The molecule has 0 atom stereocenters. The summed E-state index contributed by atoms with van der Waals surface area (Å²) in [6.07, 6.45) is 10.1. The maximum absolute atomic E-state index is 3.86. The van der Waals surface area contributed by atoms with Gasteiger partial charge in [-0.05, 0) is 13.0 Å². The SMILES string of the molecule is C/C=C/C(C)(C)/C=C\C=NC. The minimum atomic E-state index is 0.149. The normalized spacial score (nSPS) is 14.2. The first kappa shape index (κ1) is 10.2. The summed E-state index contributed by atoms with van der Waals surface area (Å²) in [6.45, 7) is 6.35. The fourth-order valence-corrected chi connectivity index (χ4v) is 0.862. The van der Waals surface area contributed by atoms with E-state index in [1.165, 1.54) is 0 Å². The smallest absolute Gasteiger partial charge is 0.0277 e. The molecule has 0 radical (unpaired) electrons. The second-order valence-corrected chi connectivity index (χ2v) is 3.09. The van der Waals surface area contributed by atoms with Crippen LogP contribution in [0.5, 0.6) is 0 Å². The molecule has 0 amide bonds. The van der Waals surface area contributed by atoms with Crippen LogP contribution >= 0.6 is 0 Å². The minimum absolute atomic E-state index is 0.149. The van der Waals surface area contributed by atoms with Gasteiger partial charge in [0.05, 0.1) is 0 Å². The lowest BCUT2D eigenvalue weighted by molar-refractivity contribution is 0.626. The molecule has 0 aliphatic rings. The van der Waals surface area contributed by atoms with Gasteiger partial charge in [0.15, 0.2) is 0 Å². The third-order valence-corrected chi connectivity index (χ3v) is 1.36. The quantitative estimate of drug-likeness (QED) is 0.434. The van der Waals surface area contributed by atoms with Crippen LogP contribution in [0, 0.1) is 5.41 Å². The third-order valence-electron chi connectivity index (χ3n) is 1.36. The average Bonchev–Trinajstić information content (AvgIpc) is 1.87. The van der Waals surface area contributed by atoms with Crippen LogP contribution in [0.25, 0.3) is 0 Å². The predicted molar refractivity (Wildman–Crippen MR) is 52.2 cm³/mol. The van der Waals surface area contributed by atoms with Gasteiger partial charge in [-0.3, -0.25) is 4.99 Å². The van der Waals surface area contributed by atoms with E-state index in [2.05, 4.69) is 37.1 Å². The van der Waals surface area contributed by atoms with Gasteiger partial charge in [0.1, 0.15) is 0 Å². The number of aliphatic imine (C=N–C) groups is 1. The highest BCUT2D eigenvalue weighted by Gasteiger charge is 2.06. The van der Waals surface area contributed by atoms with Crippen molar-refractivity contribution in [1.82, 2.24) is 0 Å². The van der Waals surface area contributed by atoms with Gasteiger partial charge in [-0.25, -0.2) is 0 Å².